The molecular weight excluding hydrogens is 390 g/mol. The number of hydrogen-bond acceptors (Lipinski definition) is 4. The average Bonchev–Trinajstić information content (AvgIpc) is 3.24. The molecule has 2 N–H and O–H groups in total. The molecule has 1 aromatic heterocycles. The molecule has 5 nitrogen and oxygen atoms in total. The summed E-state index contributed by atoms with van der Waals surface area (Å²) in [5.74, 6) is 4.62. The van der Waals surface area contributed by atoms with E-state index in [9.17, 15) is 0 Å². The maximum atomic E-state index is 5.84. The number of hydrogen-bond donors (Lipinski definition) is 1. The highest BCUT2D eigenvalue weighted by molar-refractivity contribution is 7.80. The Morgan fingerprint density at radius 1 is 1.17 bits per heavy atom. The Morgan fingerprint density at radius 2 is 1.90 bits per heavy atom. The number of allylic oxidation sites excluding steroid dienone is 1. The summed E-state index contributed by atoms with van der Waals surface area (Å²) in [6.07, 6.45) is 7.86. The topological polar surface area (TPSA) is 60.0 Å². The van der Waals surface area contributed by atoms with Crippen LogP contribution in [0.2, 0.25) is 0 Å². The predicted octanol–water partition coefficient (Wildman–Crippen LogP) is 3.89. The first kappa shape index (κ1) is 19.7. The lowest BCUT2D eigenvalue weighted by Gasteiger charge is -2.38. The number of likely N-dealkylation sites (tertiary alicyclic amines) is 1. The van der Waals surface area contributed by atoms with Crippen LogP contribution < -0.4 is 5.73 Å². The lowest BCUT2D eigenvalue weighted by Crippen LogP contribution is -2.44. The summed E-state index contributed by atoms with van der Waals surface area (Å²) in [5.41, 5.74) is 7.99. The van der Waals surface area contributed by atoms with Crippen molar-refractivity contribution in [1.29, 1.82) is 0 Å². The van der Waals surface area contributed by atoms with Gasteiger partial charge in [-0.3, -0.25) is 0 Å². The van der Waals surface area contributed by atoms with Crippen LogP contribution in [-0.2, 0) is 13.0 Å². The van der Waals surface area contributed by atoms with Crippen molar-refractivity contribution in [3.63, 3.8) is 0 Å². The Morgan fingerprint density at radius 3 is 2.60 bits per heavy atom. The Balaban J connectivity index is 1.32. The number of benzene rings is 1. The molecule has 5 rings (SSSR count). The van der Waals surface area contributed by atoms with Crippen molar-refractivity contribution in [3.8, 4) is 0 Å². The highest BCUT2D eigenvalue weighted by atomic mass is 32.1. The van der Waals surface area contributed by atoms with E-state index in [0.717, 1.165) is 54.8 Å². The second-order valence-electron chi connectivity index (χ2n) is 9.31. The van der Waals surface area contributed by atoms with Gasteiger partial charge in [-0.25, -0.2) is 9.67 Å². The quantitative estimate of drug-likeness (QED) is 0.599. The van der Waals surface area contributed by atoms with E-state index in [0.29, 0.717) is 23.7 Å². The molecule has 0 radical (unpaired) electrons. The highest BCUT2D eigenvalue weighted by Crippen LogP contribution is 2.44. The van der Waals surface area contributed by atoms with Gasteiger partial charge in [0, 0.05) is 37.7 Å². The van der Waals surface area contributed by atoms with E-state index in [1.54, 1.807) is 0 Å². The molecule has 30 heavy (non-hydrogen) atoms. The monoisotopic (exact) mass is 421 g/mol. The summed E-state index contributed by atoms with van der Waals surface area (Å²) in [7, 11) is 0. The molecular formula is C24H31N5S. The molecule has 158 valence electrons. The third-order valence-corrected chi connectivity index (χ3v) is 7.61. The lowest BCUT2D eigenvalue weighted by atomic mass is 9.82. The minimum absolute atomic E-state index is 0.378. The van der Waals surface area contributed by atoms with Gasteiger partial charge in [0.05, 0.1) is 0 Å². The van der Waals surface area contributed by atoms with Crippen LogP contribution >= 0.6 is 12.2 Å². The number of nitrogens with two attached hydrogens (primary N) is 1. The maximum absolute atomic E-state index is 5.84. The third-order valence-electron chi connectivity index (χ3n) is 7.23. The number of thiocarbonyl (C=S) groups is 1. The predicted molar refractivity (Wildman–Crippen MR) is 123 cm³/mol. The van der Waals surface area contributed by atoms with Crippen LogP contribution in [0.3, 0.4) is 0 Å². The van der Waals surface area contributed by atoms with E-state index in [-0.39, 0.29) is 0 Å². The van der Waals surface area contributed by atoms with Gasteiger partial charge in [0.25, 0.3) is 0 Å². The third kappa shape index (κ3) is 3.78. The van der Waals surface area contributed by atoms with Crippen LogP contribution in [0.15, 0.2) is 42.1 Å². The molecule has 2 unspecified atom stereocenters. The van der Waals surface area contributed by atoms with E-state index in [1.807, 2.05) is 13.0 Å². The van der Waals surface area contributed by atoms with Crippen molar-refractivity contribution < 1.29 is 0 Å². The molecule has 4 atom stereocenters. The molecule has 1 aliphatic carbocycles. The van der Waals surface area contributed by atoms with E-state index in [4.69, 9.17) is 28.0 Å². The van der Waals surface area contributed by atoms with Gasteiger partial charge in [0.15, 0.2) is 5.82 Å². The molecule has 2 fully saturated rings. The highest BCUT2D eigenvalue weighted by Gasteiger charge is 2.43. The smallest absolute Gasteiger partial charge is 0.151 e. The zero-order valence-corrected chi connectivity index (χ0v) is 18.5. The number of fused-ring (bicyclic) bond motifs is 3. The van der Waals surface area contributed by atoms with Gasteiger partial charge in [-0.2, -0.15) is 5.10 Å². The molecule has 0 amide bonds. The maximum Gasteiger partial charge on any atom is 0.151 e. The molecule has 1 aromatic carbocycles. The second kappa shape index (κ2) is 8.14. The van der Waals surface area contributed by atoms with Gasteiger partial charge in [0.1, 0.15) is 10.8 Å². The molecule has 0 spiro atoms. The van der Waals surface area contributed by atoms with Crippen LogP contribution in [0, 0.1) is 17.8 Å². The van der Waals surface area contributed by atoms with Crippen LogP contribution in [0.1, 0.15) is 55.7 Å². The first-order chi connectivity index (χ1) is 14.6. The van der Waals surface area contributed by atoms with E-state index >= 15 is 0 Å². The Labute approximate surface area is 184 Å². The number of aromatic nitrogens is 3. The minimum atomic E-state index is 0.378. The summed E-state index contributed by atoms with van der Waals surface area (Å²) < 4.78 is 2.18. The zero-order chi connectivity index (χ0) is 20.7. The van der Waals surface area contributed by atoms with Crippen molar-refractivity contribution >= 4 is 17.2 Å². The first-order valence-corrected chi connectivity index (χ1v) is 11.7. The van der Waals surface area contributed by atoms with Crippen molar-refractivity contribution in [2.24, 2.45) is 23.5 Å². The summed E-state index contributed by atoms with van der Waals surface area (Å²) in [5, 5.41) is 4.95. The van der Waals surface area contributed by atoms with Gasteiger partial charge in [0.2, 0.25) is 0 Å². The van der Waals surface area contributed by atoms with Crippen molar-refractivity contribution in [2.45, 2.75) is 51.5 Å². The molecule has 2 aromatic rings. The molecule has 2 bridgehead atoms. The zero-order valence-electron chi connectivity index (χ0n) is 17.7. The lowest BCUT2D eigenvalue weighted by molar-refractivity contribution is 0.166. The van der Waals surface area contributed by atoms with Crippen LogP contribution in [0.4, 0.5) is 0 Å². The van der Waals surface area contributed by atoms with E-state index in [1.165, 1.54) is 24.8 Å². The summed E-state index contributed by atoms with van der Waals surface area (Å²) in [6.45, 7) is 4.99. The fourth-order valence-electron chi connectivity index (χ4n) is 5.83. The summed E-state index contributed by atoms with van der Waals surface area (Å²) >= 11 is 5.61. The van der Waals surface area contributed by atoms with Crippen LogP contribution in [-0.4, -0.2) is 37.7 Å². The van der Waals surface area contributed by atoms with Gasteiger partial charge >= 0.3 is 0 Å². The summed E-state index contributed by atoms with van der Waals surface area (Å²) in [4.78, 5) is 8.34. The second-order valence-corrected chi connectivity index (χ2v) is 9.73. The van der Waals surface area contributed by atoms with Gasteiger partial charge in [-0.05, 0) is 62.0 Å². The van der Waals surface area contributed by atoms with Crippen molar-refractivity contribution in [3.05, 3.63) is 59.3 Å². The molecule has 3 aliphatic rings. The molecule has 6 heteroatoms. The van der Waals surface area contributed by atoms with Gasteiger partial charge in [-0.1, -0.05) is 42.5 Å². The summed E-state index contributed by atoms with van der Waals surface area (Å²) in [6, 6.07) is 10.8. The normalized spacial score (nSPS) is 28.4. The van der Waals surface area contributed by atoms with Crippen LogP contribution in [0.5, 0.6) is 0 Å². The fourth-order valence-corrected chi connectivity index (χ4v) is 6.17. The van der Waals surface area contributed by atoms with Crippen molar-refractivity contribution in [2.75, 3.05) is 13.1 Å². The number of piperidine rings is 1. The standard InChI is InChI=1S/C24H31N5S/c1-16(25)12-23(30)28-14-18-9-10-19(15-28)21(18)13-22-26-24-20(8-5-11-29(24)27-22)17-6-3-2-4-7-17/h2-4,6-7,12,18-21H,5,8-11,13-15,25H2,1H3/t18-,19+,20?,21?. The Hall–Kier alpha value is -2.21. The minimum Gasteiger partial charge on any atom is -0.402 e. The Kier molecular flexibility index (Phi) is 5.35. The first-order valence-electron chi connectivity index (χ1n) is 11.3. The Bertz CT molecular complexity index is 932. The largest absolute Gasteiger partial charge is 0.402 e. The molecule has 1 saturated heterocycles. The average molecular weight is 422 g/mol. The van der Waals surface area contributed by atoms with Gasteiger partial charge < -0.3 is 10.6 Å². The van der Waals surface area contributed by atoms with Crippen molar-refractivity contribution in [1.82, 2.24) is 19.7 Å². The van der Waals surface area contributed by atoms with Gasteiger partial charge in [-0.15, -0.1) is 0 Å². The fraction of sp³-hybridized carbons (Fsp3) is 0.542. The van der Waals surface area contributed by atoms with Crippen LogP contribution in [0.25, 0.3) is 0 Å². The van der Waals surface area contributed by atoms with E-state index < -0.39 is 0 Å². The SMILES string of the molecule is CC(N)=CC(=S)N1C[C@H]2CC[C@@H](C1)C2Cc1nc2n(n1)CCCC2c1ccccc1. The number of nitrogens with zero attached hydrogens (tertiary/aromatic N) is 4. The number of rotatable bonds is 4. The molecule has 3 heterocycles. The molecule has 2 aliphatic heterocycles. The van der Waals surface area contributed by atoms with E-state index in [2.05, 4.69) is 39.9 Å². The molecule has 1 saturated carbocycles. The number of aryl methyl sites for hydroxylation is 1.